The van der Waals surface area contributed by atoms with Crippen LogP contribution in [0.1, 0.15) is 5.56 Å². The van der Waals surface area contributed by atoms with Crippen molar-refractivity contribution in [2.45, 2.75) is 6.92 Å². The quantitative estimate of drug-likeness (QED) is 0.532. The highest BCUT2D eigenvalue weighted by atomic mass is 79.9. The Bertz CT molecular complexity index is 793. The van der Waals surface area contributed by atoms with Gasteiger partial charge in [-0.05, 0) is 58.7 Å². The standard InChI is InChI=1S/C16H15BrN2O2S/c1-9-5-13-15(7-12(9)18)22-16(19-13)10-3-4-14(11(17)6-10)21-8-20-2/h3-7H,8,18H2,1-2H3. The van der Waals surface area contributed by atoms with Gasteiger partial charge in [0.2, 0.25) is 0 Å². The molecule has 0 saturated carbocycles. The lowest BCUT2D eigenvalue weighted by molar-refractivity contribution is 0.0506. The maximum atomic E-state index is 5.97. The molecule has 3 aromatic rings. The maximum absolute atomic E-state index is 5.97. The molecule has 2 N–H and O–H groups in total. The predicted octanol–water partition coefficient (Wildman–Crippen LogP) is 4.60. The summed E-state index contributed by atoms with van der Waals surface area (Å²) in [6.07, 6.45) is 0. The number of benzene rings is 2. The highest BCUT2D eigenvalue weighted by Crippen LogP contribution is 2.36. The normalized spacial score (nSPS) is 11.0. The molecule has 6 heteroatoms. The van der Waals surface area contributed by atoms with Gasteiger partial charge in [0.05, 0.1) is 14.7 Å². The number of aromatic nitrogens is 1. The molecule has 0 amide bonds. The van der Waals surface area contributed by atoms with E-state index in [1.165, 1.54) is 0 Å². The highest BCUT2D eigenvalue weighted by Gasteiger charge is 2.10. The molecule has 0 radical (unpaired) electrons. The summed E-state index contributed by atoms with van der Waals surface area (Å²) in [6, 6.07) is 9.90. The first kappa shape index (κ1) is 15.3. The maximum Gasteiger partial charge on any atom is 0.188 e. The minimum atomic E-state index is 0.220. The molecule has 4 nitrogen and oxygen atoms in total. The smallest absolute Gasteiger partial charge is 0.188 e. The Morgan fingerprint density at radius 2 is 2.09 bits per heavy atom. The molecule has 0 bridgehead atoms. The Labute approximate surface area is 141 Å². The van der Waals surface area contributed by atoms with Crippen molar-refractivity contribution in [3.8, 4) is 16.3 Å². The van der Waals surface area contributed by atoms with Crippen LogP contribution in [-0.2, 0) is 4.74 Å². The van der Waals surface area contributed by atoms with Gasteiger partial charge in [0, 0.05) is 18.4 Å². The molecular weight excluding hydrogens is 364 g/mol. The van der Waals surface area contributed by atoms with E-state index in [1.54, 1.807) is 18.4 Å². The molecule has 0 aliphatic rings. The second kappa shape index (κ2) is 6.24. The Morgan fingerprint density at radius 3 is 2.82 bits per heavy atom. The van der Waals surface area contributed by atoms with Gasteiger partial charge in [-0.25, -0.2) is 4.98 Å². The molecule has 114 valence electrons. The van der Waals surface area contributed by atoms with Crippen LogP contribution in [0, 0.1) is 6.92 Å². The lowest BCUT2D eigenvalue weighted by Gasteiger charge is -2.07. The van der Waals surface area contributed by atoms with Gasteiger partial charge in [-0.3, -0.25) is 0 Å². The van der Waals surface area contributed by atoms with E-state index >= 15 is 0 Å². The summed E-state index contributed by atoms with van der Waals surface area (Å²) in [5.41, 5.74) is 9.83. The molecule has 0 unspecified atom stereocenters. The van der Waals surface area contributed by atoms with Gasteiger partial charge in [-0.1, -0.05) is 0 Å². The predicted molar refractivity (Wildman–Crippen MR) is 94.4 cm³/mol. The van der Waals surface area contributed by atoms with Crippen LogP contribution in [0.2, 0.25) is 0 Å². The first-order chi connectivity index (χ1) is 10.6. The van der Waals surface area contributed by atoms with Gasteiger partial charge < -0.3 is 15.2 Å². The average Bonchev–Trinajstić information content (AvgIpc) is 2.89. The molecular formula is C16H15BrN2O2S. The number of rotatable bonds is 4. The number of aryl methyl sites for hydroxylation is 1. The number of hydrogen-bond donors (Lipinski definition) is 1. The SMILES string of the molecule is COCOc1ccc(-c2nc3cc(C)c(N)cc3s2)cc1Br. The fourth-order valence-electron chi connectivity index (χ4n) is 2.09. The number of halogens is 1. The Kier molecular flexibility index (Phi) is 4.33. The lowest BCUT2D eigenvalue weighted by atomic mass is 10.2. The third kappa shape index (κ3) is 2.95. The van der Waals surface area contributed by atoms with Crippen LogP contribution in [0.4, 0.5) is 5.69 Å². The fourth-order valence-corrected chi connectivity index (χ4v) is 3.58. The van der Waals surface area contributed by atoms with Gasteiger partial charge in [0.25, 0.3) is 0 Å². The van der Waals surface area contributed by atoms with Crippen LogP contribution < -0.4 is 10.5 Å². The van der Waals surface area contributed by atoms with Crippen molar-refractivity contribution in [1.29, 1.82) is 0 Å². The molecule has 0 aliphatic carbocycles. The van der Waals surface area contributed by atoms with Crippen LogP contribution in [0.5, 0.6) is 5.75 Å². The Balaban J connectivity index is 1.98. The summed E-state index contributed by atoms with van der Waals surface area (Å²) in [7, 11) is 1.59. The van der Waals surface area contributed by atoms with Gasteiger partial charge in [0.1, 0.15) is 10.8 Å². The molecule has 22 heavy (non-hydrogen) atoms. The first-order valence-corrected chi connectivity index (χ1v) is 8.28. The number of nitrogen functional groups attached to an aromatic ring is 1. The summed E-state index contributed by atoms with van der Waals surface area (Å²) in [4.78, 5) is 4.69. The van der Waals surface area contributed by atoms with Crippen molar-refractivity contribution >= 4 is 43.2 Å². The van der Waals surface area contributed by atoms with Crippen LogP contribution in [0.3, 0.4) is 0 Å². The number of thiazole rings is 1. The Morgan fingerprint density at radius 1 is 1.27 bits per heavy atom. The van der Waals surface area contributed by atoms with Gasteiger partial charge in [0.15, 0.2) is 6.79 Å². The zero-order valence-electron chi connectivity index (χ0n) is 12.2. The number of hydrogen-bond acceptors (Lipinski definition) is 5. The minimum Gasteiger partial charge on any atom is -0.466 e. The molecule has 3 rings (SSSR count). The average molecular weight is 379 g/mol. The van der Waals surface area contributed by atoms with Crippen LogP contribution >= 0.6 is 27.3 Å². The Hall–Kier alpha value is -1.63. The van der Waals surface area contributed by atoms with E-state index in [0.29, 0.717) is 0 Å². The summed E-state index contributed by atoms with van der Waals surface area (Å²) in [5, 5.41) is 0.957. The van der Waals surface area contributed by atoms with E-state index in [0.717, 1.165) is 42.3 Å². The zero-order chi connectivity index (χ0) is 15.7. The lowest BCUT2D eigenvalue weighted by Crippen LogP contribution is -1.99. The molecule has 1 heterocycles. The third-order valence-corrected chi connectivity index (χ3v) is 4.97. The fraction of sp³-hybridized carbons (Fsp3) is 0.188. The van der Waals surface area contributed by atoms with Crippen molar-refractivity contribution in [3.05, 3.63) is 40.4 Å². The highest BCUT2D eigenvalue weighted by molar-refractivity contribution is 9.10. The van der Waals surface area contributed by atoms with E-state index in [2.05, 4.69) is 15.9 Å². The van der Waals surface area contributed by atoms with Gasteiger partial charge in [-0.2, -0.15) is 0 Å². The van der Waals surface area contributed by atoms with Gasteiger partial charge >= 0.3 is 0 Å². The molecule has 0 atom stereocenters. The molecule has 2 aromatic carbocycles. The van der Waals surface area contributed by atoms with E-state index in [-0.39, 0.29) is 6.79 Å². The summed E-state index contributed by atoms with van der Waals surface area (Å²) in [5.74, 6) is 0.742. The van der Waals surface area contributed by atoms with E-state index < -0.39 is 0 Å². The van der Waals surface area contributed by atoms with Crippen molar-refractivity contribution in [3.63, 3.8) is 0 Å². The van der Waals surface area contributed by atoms with Crippen LogP contribution in [0.25, 0.3) is 20.8 Å². The summed E-state index contributed by atoms with van der Waals surface area (Å²) in [6.45, 7) is 2.21. The monoisotopic (exact) mass is 378 g/mol. The summed E-state index contributed by atoms with van der Waals surface area (Å²) < 4.78 is 12.3. The van der Waals surface area contributed by atoms with Gasteiger partial charge in [-0.15, -0.1) is 11.3 Å². The number of fused-ring (bicyclic) bond motifs is 1. The second-order valence-electron chi connectivity index (χ2n) is 4.89. The molecule has 1 aromatic heterocycles. The third-order valence-electron chi connectivity index (χ3n) is 3.29. The van der Waals surface area contributed by atoms with Crippen LogP contribution in [0.15, 0.2) is 34.8 Å². The number of methoxy groups -OCH3 is 1. The second-order valence-corrected chi connectivity index (χ2v) is 6.78. The topological polar surface area (TPSA) is 57.4 Å². The van der Waals surface area contributed by atoms with Crippen molar-refractivity contribution < 1.29 is 9.47 Å². The van der Waals surface area contributed by atoms with E-state index in [1.807, 2.05) is 37.3 Å². The van der Waals surface area contributed by atoms with E-state index in [9.17, 15) is 0 Å². The molecule has 0 spiro atoms. The number of nitrogens with two attached hydrogens (primary N) is 1. The minimum absolute atomic E-state index is 0.220. The number of ether oxygens (including phenoxy) is 2. The molecule has 0 saturated heterocycles. The number of nitrogens with zero attached hydrogens (tertiary/aromatic N) is 1. The first-order valence-electron chi connectivity index (χ1n) is 6.67. The molecule has 0 fully saturated rings. The van der Waals surface area contributed by atoms with Crippen LogP contribution in [-0.4, -0.2) is 18.9 Å². The van der Waals surface area contributed by atoms with Crippen molar-refractivity contribution in [2.75, 3.05) is 19.6 Å². The van der Waals surface area contributed by atoms with E-state index in [4.69, 9.17) is 20.2 Å². The van der Waals surface area contributed by atoms with Crippen molar-refractivity contribution in [2.24, 2.45) is 0 Å². The zero-order valence-corrected chi connectivity index (χ0v) is 14.6. The summed E-state index contributed by atoms with van der Waals surface area (Å²) >= 11 is 5.15. The number of anilines is 1. The van der Waals surface area contributed by atoms with Crippen molar-refractivity contribution in [1.82, 2.24) is 4.98 Å². The molecule has 0 aliphatic heterocycles. The largest absolute Gasteiger partial charge is 0.466 e.